The Morgan fingerprint density at radius 1 is 0.735 bits per heavy atom. The van der Waals surface area contributed by atoms with Crippen molar-refractivity contribution in [3.63, 3.8) is 0 Å². The lowest BCUT2D eigenvalue weighted by Gasteiger charge is -2.37. The van der Waals surface area contributed by atoms with E-state index < -0.39 is 40.8 Å². The smallest absolute Gasteiger partial charge is 0.402 e. The van der Waals surface area contributed by atoms with E-state index in [0.29, 0.717) is 6.04 Å². The molecule has 2 fully saturated rings. The predicted molar refractivity (Wildman–Crippen MR) is 176 cm³/mol. The van der Waals surface area contributed by atoms with Crippen LogP contribution in [-0.4, -0.2) is 52.3 Å². The van der Waals surface area contributed by atoms with E-state index in [4.69, 9.17) is 4.65 Å². The molecular formula is C33H33BF6N2O5S2. The first kappa shape index (κ1) is 36.8. The fourth-order valence-corrected chi connectivity index (χ4v) is 8.75. The molecule has 0 bridgehead atoms. The highest BCUT2D eigenvalue weighted by atomic mass is 32.3. The monoisotopic (exact) mass is 726 g/mol. The molecule has 1 N–H and O–H groups in total. The van der Waals surface area contributed by atoms with Crippen molar-refractivity contribution in [2.45, 2.75) is 63.2 Å². The summed E-state index contributed by atoms with van der Waals surface area (Å²) in [5.74, 6) is 0. The molecule has 4 aromatic rings. The molecule has 2 saturated heterocycles. The van der Waals surface area contributed by atoms with Crippen LogP contribution in [0.1, 0.15) is 46.2 Å². The molecular weight excluding hydrogens is 693 g/mol. The number of rotatable bonds is 5. The van der Waals surface area contributed by atoms with Gasteiger partial charge < -0.3 is 9.47 Å². The first-order chi connectivity index (χ1) is 22.7. The molecule has 0 amide bonds. The van der Waals surface area contributed by atoms with Gasteiger partial charge in [0.05, 0.1) is 0 Å². The van der Waals surface area contributed by atoms with Gasteiger partial charge in [0, 0.05) is 6.04 Å². The molecule has 0 spiro atoms. The second-order valence-corrected chi connectivity index (χ2v) is 16.0. The largest absolute Gasteiger partial charge is 0.512 e. The van der Waals surface area contributed by atoms with E-state index in [-0.39, 0.29) is 7.05 Å². The lowest BCUT2D eigenvalue weighted by atomic mass is 9.70. The highest BCUT2D eigenvalue weighted by Crippen LogP contribution is 2.50. The Hall–Kier alpha value is -3.44. The maximum absolute atomic E-state index is 11.5. The molecule has 0 radical (unpaired) electrons. The fraction of sp³-hybridized carbons (Fsp3) is 0.333. The zero-order valence-corrected chi connectivity index (χ0v) is 28.5. The Labute approximate surface area is 281 Å². The molecule has 262 valence electrons. The van der Waals surface area contributed by atoms with Crippen molar-refractivity contribution in [1.29, 1.82) is 0 Å². The van der Waals surface area contributed by atoms with E-state index in [9.17, 15) is 43.2 Å². The van der Waals surface area contributed by atoms with Crippen LogP contribution in [0.5, 0.6) is 0 Å². The maximum atomic E-state index is 11.5. The number of sulfonamides is 2. The number of alkyl halides is 6. The number of nitrogens with one attached hydrogen (secondary N) is 1. The van der Waals surface area contributed by atoms with Crippen LogP contribution in [-0.2, 0) is 30.3 Å². The Bertz CT molecular complexity index is 1970. The van der Waals surface area contributed by atoms with Crippen molar-refractivity contribution < 1.29 is 47.8 Å². The van der Waals surface area contributed by atoms with Crippen LogP contribution < -0.4 is 9.59 Å². The lowest BCUT2D eigenvalue weighted by Crippen LogP contribution is -2.46. The summed E-state index contributed by atoms with van der Waals surface area (Å²) in [5.41, 5.74) is -3.77. The molecule has 6 rings (SSSR count). The molecule has 4 aromatic carbocycles. The Morgan fingerprint density at radius 2 is 1.20 bits per heavy atom. The van der Waals surface area contributed by atoms with Gasteiger partial charge in [0.15, 0.2) is 0 Å². The number of hydrogen-bond donors (Lipinski definition) is 1. The van der Waals surface area contributed by atoms with Crippen LogP contribution >= 0.6 is 0 Å². The fourth-order valence-electron chi connectivity index (χ4n) is 6.84. The average Bonchev–Trinajstić information content (AvgIpc) is 3.57. The summed E-state index contributed by atoms with van der Waals surface area (Å²) in [7, 11) is -13.3. The van der Waals surface area contributed by atoms with Crippen LogP contribution in [0.4, 0.5) is 26.3 Å². The van der Waals surface area contributed by atoms with Gasteiger partial charge in [-0.05, 0) is 74.4 Å². The van der Waals surface area contributed by atoms with Gasteiger partial charge in [-0.2, -0.15) is 26.3 Å². The molecule has 0 saturated carbocycles. The molecule has 7 nitrogen and oxygen atoms in total. The van der Waals surface area contributed by atoms with Crippen molar-refractivity contribution >= 4 is 43.3 Å². The van der Waals surface area contributed by atoms with Gasteiger partial charge in [0.25, 0.3) is 0 Å². The summed E-state index contributed by atoms with van der Waals surface area (Å²) in [6.45, 7) is 9.88. The molecule has 49 heavy (non-hydrogen) atoms. The number of hydrogen-bond acceptors (Lipinski definition) is 6. The second-order valence-electron chi connectivity index (χ2n) is 12.4. The number of nitrogens with zero attached hydrogens (tertiary/aromatic N) is 1. The summed E-state index contributed by atoms with van der Waals surface area (Å²) in [5, 5.41) is 2.56. The van der Waals surface area contributed by atoms with Gasteiger partial charge in [0.2, 0.25) is 0 Å². The van der Waals surface area contributed by atoms with E-state index in [0.717, 1.165) is 13.0 Å². The van der Waals surface area contributed by atoms with Crippen LogP contribution in [0.15, 0.2) is 78.9 Å². The van der Waals surface area contributed by atoms with Crippen molar-refractivity contribution in [3.8, 4) is 0 Å². The van der Waals surface area contributed by atoms with Gasteiger partial charge >= 0.3 is 38.1 Å². The van der Waals surface area contributed by atoms with Crippen molar-refractivity contribution in [3.05, 3.63) is 112 Å². The third-order valence-corrected chi connectivity index (χ3v) is 11.6. The van der Waals surface area contributed by atoms with E-state index in [2.05, 4.69) is 111 Å². The summed E-state index contributed by atoms with van der Waals surface area (Å²) in [6.07, 6.45) is 2.34. The lowest BCUT2D eigenvalue weighted by molar-refractivity contribution is -0.0476. The number of halogens is 6. The topological polar surface area (TPSA) is 92.8 Å². The summed E-state index contributed by atoms with van der Waals surface area (Å²) in [4.78, 5) is 2.64. The van der Waals surface area contributed by atoms with Crippen LogP contribution in [0.3, 0.4) is 0 Å². The third kappa shape index (κ3) is 7.11. The van der Waals surface area contributed by atoms with Crippen LogP contribution in [0.2, 0.25) is 0 Å². The molecule has 1 atom stereocenters. The number of aryl methyl sites for hydroxylation is 4. The highest BCUT2D eigenvalue weighted by Gasteiger charge is 2.59. The summed E-state index contributed by atoms with van der Waals surface area (Å²) in [6, 6.07) is 29.6. The minimum atomic E-state index is -6.60. The van der Waals surface area contributed by atoms with E-state index in [1.165, 1.54) is 56.0 Å². The molecule has 2 aliphatic rings. The van der Waals surface area contributed by atoms with Gasteiger partial charge in [-0.15, -0.1) is 0 Å². The molecule has 0 aromatic heterocycles. The standard InChI is InChI=1S/C31H32BNO.C2HF6NO4S2/c1-21-15-22(2)18-26(17-21)31(27-19-23(3)16-24(4)20-27)30-13-8-14-33(30)32(34-31)29-12-7-10-25-9-5-6-11-28(25)29;3-1(4,5)14(10,11)9-15(12,13)2(6,7)8/h5-7,9-12,15-20,30H,8,13-14H2,1-4H3;9H/t30-;/m0./s1. The second kappa shape index (κ2) is 13.0. The minimum Gasteiger partial charge on any atom is -0.402 e. The quantitative estimate of drug-likeness (QED) is 0.187. The van der Waals surface area contributed by atoms with Crippen molar-refractivity contribution in [2.75, 3.05) is 6.54 Å². The molecule has 2 aliphatic heterocycles. The maximum Gasteiger partial charge on any atom is 0.512 e. The van der Waals surface area contributed by atoms with Gasteiger partial charge in [0.1, 0.15) is 5.60 Å². The number of benzene rings is 4. The average molecular weight is 727 g/mol. The van der Waals surface area contributed by atoms with E-state index in [1.807, 2.05) is 0 Å². The Kier molecular flexibility index (Phi) is 9.80. The van der Waals surface area contributed by atoms with Crippen molar-refractivity contribution in [2.24, 2.45) is 0 Å². The Morgan fingerprint density at radius 3 is 1.69 bits per heavy atom. The zero-order chi connectivity index (χ0) is 36.2. The molecule has 0 aliphatic carbocycles. The summed E-state index contributed by atoms with van der Waals surface area (Å²) >= 11 is 0. The van der Waals surface area contributed by atoms with Crippen LogP contribution in [0, 0.1) is 27.7 Å². The highest BCUT2D eigenvalue weighted by molar-refractivity contribution is 8.05. The Balaban J connectivity index is 0.000000266. The number of fused-ring (bicyclic) bond motifs is 2. The van der Waals surface area contributed by atoms with E-state index in [1.54, 1.807) is 0 Å². The van der Waals surface area contributed by atoms with E-state index >= 15 is 0 Å². The predicted octanol–water partition coefficient (Wildman–Crippen LogP) is 6.48. The summed E-state index contributed by atoms with van der Waals surface area (Å²) < 4.78 is 116. The van der Waals surface area contributed by atoms with Gasteiger partial charge in [-0.1, -0.05) is 105 Å². The van der Waals surface area contributed by atoms with Crippen molar-refractivity contribution in [1.82, 2.24) is 8.94 Å². The SMILES string of the molecule is Cc1cc(C)cc(C2(c3cc(C)cc(C)c3)OB(c3cccc4ccccc34)N3CCC[C@H]32)c1.O=S(=O)(NS(=O)(=O)C(F)(F)F)C(F)(F)F. The van der Waals surface area contributed by atoms with Gasteiger partial charge in [-0.3, -0.25) is 0 Å². The first-order valence-corrected chi connectivity index (χ1v) is 18.1. The third-order valence-electron chi connectivity index (χ3n) is 8.58. The van der Waals surface area contributed by atoms with Gasteiger partial charge in [-0.25, -0.2) is 16.8 Å². The minimum absolute atomic E-state index is 0.0692. The molecule has 2 heterocycles. The molecule has 16 heteroatoms. The molecule has 0 unspecified atom stereocenters. The van der Waals surface area contributed by atoms with Crippen LogP contribution in [0.25, 0.3) is 10.8 Å². The zero-order valence-electron chi connectivity index (χ0n) is 26.9. The normalized spacial score (nSPS) is 18.3. The first-order valence-electron chi connectivity index (χ1n) is 15.2.